The fourth-order valence-electron chi connectivity index (χ4n) is 1.95. The predicted molar refractivity (Wildman–Crippen MR) is 83.0 cm³/mol. The number of aryl methyl sites for hydroxylation is 1. The molecule has 0 radical (unpaired) electrons. The molecule has 0 aliphatic carbocycles. The maximum Gasteiger partial charge on any atom is 0.503 e. The third-order valence-corrected chi connectivity index (χ3v) is 2.96. The number of carbonyl (C=O) groups excluding carboxylic acids is 1. The summed E-state index contributed by atoms with van der Waals surface area (Å²) in [5.41, 5.74) is 1.83. The molecule has 2 N–H and O–H groups in total. The molecule has 7 heteroatoms. The normalized spacial score (nSPS) is 9.43. The minimum Gasteiger partial charge on any atom is -0.450 e. The highest BCUT2D eigenvalue weighted by molar-refractivity contribution is 6.10. The highest BCUT2D eigenvalue weighted by atomic mass is 16.6. The Hall–Kier alpha value is -3.22. The van der Waals surface area contributed by atoms with Gasteiger partial charge in [-0.2, -0.15) is 0 Å². The summed E-state index contributed by atoms with van der Waals surface area (Å²) >= 11 is 0. The number of benzene rings is 2. The van der Waals surface area contributed by atoms with Crippen LogP contribution in [0.3, 0.4) is 0 Å². The van der Waals surface area contributed by atoms with Crippen LogP contribution >= 0.6 is 0 Å². The van der Waals surface area contributed by atoms with E-state index in [9.17, 15) is 14.9 Å². The number of ketones is 1. The van der Waals surface area contributed by atoms with Gasteiger partial charge in [-0.25, -0.2) is 4.79 Å². The molecule has 2 rings (SSSR count). The zero-order valence-corrected chi connectivity index (χ0v) is 12.3. The fraction of sp³-hybridized carbons (Fsp3) is 0.125. The standard InChI is InChI=1S/C15H13NO3.CH2O3/c1-2-11-10-13(16(18)19)8-9-14(11)15(17)12-6-4-3-5-7-12;2-1(3)4/h3-10H,2H2,1H3;(H2,2,3,4). The van der Waals surface area contributed by atoms with Crippen molar-refractivity contribution in [1.82, 2.24) is 0 Å². The first-order chi connectivity index (χ1) is 10.9. The lowest BCUT2D eigenvalue weighted by atomic mass is 9.96. The first-order valence-electron chi connectivity index (χ1n) is 6.65. The summed E-state index contributed by atoms with van der Waals surface area (Å²) in [6, 6.07) is 13.3. The van der Waals surface area contributed by atoms with Crippen LogP contribution in [0.5, 0.6) is 0 Å². The van der Waals surface area contributed by atoms with Crippen LogP contribution in [-0.4, -0.2) is 27.1 Å². The molecule has 0 bridgehead atoms. The van der Waals surface area contributed by atoms with Gasteiger partial charge >= 0.3 is 6.16 Å². The van der Waals surface area contributed by atoms with E-state index in [0.717, 1.165) is 0 Å². The van der Waals surface area contributed by atoms with Crippen molar-refractivity contribution in [3.63, 3.8) is 0 Å². The first-order valence-corrected chi connectivity index (χ1v) is 6.65. The Morgan fingerprint density at radius 2 is 1.65 bits per heavy atom. The van der Waals surface area contributed by atoms with E-state index in [2.05, 4.69) is 0 Å². The van der Waals surface area contributed by atoms with Gasteiger partial charge in [0.15, 0.2) is 5.78 Å². The lowest BCUT2D eigenvalue weighted by molar-refractivity contribution is -0.384. The van der Waals surface area contributed by atoms with Crippen LogP contribution in [0.4, 0.5) is 10.5 Å². The number of nitrogens with zero attached hydrogens (tertiary/aromatic N) is 1. The van der Waals surface area contributed by atoms with Gasteiger partial charge in [0, 0.05) is 23.3 Å². The fourth-order valence-corrected chi connectivity index (χ4v) is 1.95. The van der Waals surface area contributed by atoms with Crippen molar-refractivity contribution < 1.29 is 24.7 Å². The highest BCUT2D eigenvalue weighted by Gasteiger charge is 2.16. The highest BCUT2D eigenvalue weighted by Crippen LogP contribution is 2.21. The number of rotatable bonds is 4. The molecule has 0 aliphatic heterocycles. The lowest BCUT2D eigenvalue weighted by Crippen LogP contribution is -2.05. The Morgan fingerprint density at radius 3 is 2.13 bits per heavy atom. The van der Waals surface area contributed by atoms with E-state index in [1.165, 1.54) is 18.2 Å². The maximum atomic E-state index is 12.3. The summed E-state index contributed by atoms with van der Waals surface area (Å²) in [7, 11) is 0. The van der Waals surface area contributed by atoms with Crippen molar-refractivity contribution in [2.45, 2.75) is 13.3 Å². The number of nitro groups is 1. The summed E-state index contributed by atoms with van der Waals surface area (Å²) in [6.07, 6.45) is -1.25. The van der Waals surface area contributed by atoms with Crippen molar-refractivity contribution in [2.24, 2.45) is 0 Å². The summed E-state index contributed by atoms with van der Waals surface area (Å²) in [6.45, 7) is 1.88. The number of hydrogen-bond acceptors (Lipinski definition) is 4. The van der Waals surface area contributed by atoms with Gasteiger partial charge in [-0.05, 0) is 18.1 Å². The third-order valence-electron chi connectivity index (χ3n) is 2.96. The minimum absolute atomic E-state index is 0.0152. The van der Waals surface area contributed by atoms with Gasteiger partial charge in [0.1, 0.15) is 0 Å². The molecule has 0 atom stereocenters. The summed E-state index contributed by atoms with van der Waals surface area (Å²) in [5.74, 6) is -0.104. The minimum atomic E-state index is -1.83. The van der Waals surface area contributed by atoms with Gasteiger partial charge in [-0.3, -0.25) is 14.9 Å². The second-order valence-corrected chi connectivity index (χ2v) is 4.43. The zero-order chi connectivity index (χ0) is 17.4. The van der Waals surface area contributed by atoms with Crippen LogP contribution < -0.4 is 0 Å². The smallest absolute Gasteiger partial charge is 0.450 e. The summed E-state index contributed by atoms with van der Waals surface area (Å²) in [4.78, 5) is 31.2. The average Bonchev–Trinajstić information content (AvgIpc) is 2.53. The number of hydrogen-bond donors (Lipinski definition) is 2. The molecular weight excluding hydrogens is 302 g/mol. The monoisotopic (exact) mass is 317 g/mol. The molecule has 0 saturated heterocycles. The molecular formula is C16H15NO6. The van der Waals surface area contributed by atoms with E-state index >= 15 is 0 Å². The van der Waals surface area contributed by atoms with E-state index in [1.807, 2.05) is 13.0 Å². The van der Waals surface area contributed by atoms with E-state index in [0.29, 0.717) is 23.1 Å². The van der Waals surface area contributed by atoms with Gasteiger partial charge in [0.25, 0.3) is 5.69 Å². The van der Waals surface area contributed by atoms with Gasteiger partial charge < -0.3 is 10.2 Å². The molecule has 0 amide bonds. The molecule has 0 spiro atoms. The van der Waals surface area contributed by atoms with Crippen molar-refractivity contribution in [3.8, 4) is 0 Å². The predicted octanol–water partition coefficient (Wildman–Crippen LogP) is 3.61. The number of non-ortho nitro benzene ring substituents is 1. The largest absolute Gasteiger partial charge is 0.503 e. The van der Waals surface area contributed by atoms with Crippen LogP contribution in [0.2, 0.25) is 0 Å². The molecule has 7 nitrogen and oxygen atoms in total. The molecule has 0 aliphatic rings. The second kappa shape index (κ2) is 8.28. The molecule has 0 fully saturated rings. The Labute approximate surface area is 132 Å². The second-order valence-electron chi connectivity index (χ2n) is 4.43. The van der Waals surface area contributed by atoms with Crippen LogP contribution in [0.1, 0.15) is 28.4 Å². The molecule has 0 saturated carbocycles. The summed E-state index contributed by atoms with van der Waals surface area (Å²) in [5, 5.41) is 24.7. The molecule has 0 aromatic heterocycles. The van der Waals surface area contributed by atoms with Crippen LogP contribution in [0, 0.1) is 10.1 Å². The van der Waals surface area contributed by atoms with Gasteiger partial charge in [0.2, 0.25) is 0 Å². The van der Waals surface area contributed by atoms with Crippen molar-refractivity contribution in [3.05, 3.63) is 75.3 Å². The van der Waals surface area contributed by atoms with Crippen LogP contribution in [0.25, 0.3) is 0 Å². The van der Waals surface area contributed by atoms with Crippen molar-refractivity contribution in [1.29, 1.82) is 0 Å². The van der Waals surface area contributed by atoms with E-state index in [-0.39, 0.29) is 11.5 Å². The van der Waals surface area contributed by atoms with Crippen molar-refractivity contribution in [2.75, 3.05) is 0 Å². The van der Waals surface area contributed by atoms with E-state index < -0.39 is 11.1 Å². The third kappa shape index (κ3) is 5.24. The zero-order valence-electron chi connectivity index (χ0n) is 12.3. The summed E-state index contributed by atoms with van der Waals surface area (Å²) < 4.78 is 0. The van der Waals surface area contributed by atoms with E-state index in [1.54, 1.807) is 24.3 Å². The first kappa shape index (κ1) is 17.8. The van der Waals surface area contributed by atoms with E-state index in [4.69, 9.17) is 15.0 Å². The van der Waals surface area contributed by atoms with Crippen molar-refractivity contribution >= 4 is 17.6 Å². The number of nitro benzene ring substituents is 1. The Morgan fingerprint density at radius 1 is 1.09 bits per heavy atom. The topological polar surface area (TPSA) is 118 Å². The van der Waals surface area contributed by atoms with Gasteiger partial charge in [-0.1, -0.05) is 37.3 Å². The molecule has 23 heavy (non-hydrogen) atoms. The van der Waals surface area contributed by atoms with Gasteiger partial charge in [0.05, 0.1) is 4.92 Å². The average molecular weight is 317 g/mol. The van der Waals surface area contributed by atoms with Crippen LogP contribution in [0.15, 0.2) is 48.5 Å². The van der Waals surface area contributed by atoms with Crippen LogP contribution in [-0.2, 0) is 6.42 Å². The lowest BCUT2D eigenvalue weighted by Gasteiger charge is -2.06. The molecule has 2 aromatic carbocycles. The molecule has 120 valence electrons. The Bertz CT molecular complexity index is 708. The number of carbonyl (C=O) groups is 2. The maximum absolute atomic E-state index is 12.3. The Kier molecular flexibility index (Phi) is 6.42. The Balaban J connectivity index is 0.000000593. The van der Waals surface area contributed by atoms with Gasteiger partial charge in [-0.15, -0.1) is 0 Å². The molecule has 0 unspecified atom stereocenters. The molecule has 2 aromatic rings. The molecule has 0 heterocycles. The SMILES string of the molecule is CCc1cc([N+](=O)[O-])ccc1C(=O)c1ccccc1.O=C(O)O. The number of carboxylic acid groups (broad SMARTS) is 2. The quantitative estimate of drug-likeness (QED) is 0.505.